The fourth-order valence-corrected chi connectivity index (χ4v) is 1.74. The van der Waals surface area contributed by atoms with Gasteiger partial charge >= 0.3 is 0 Å². The maximum Gasteiger partial charge on any atom is 0.144 e. The van der Waals surface area contributed by atoms with E-state index in [1.165, 1.54) is 0 Å². The molecule has 1 atom stereocenters. The maximum atomic E-state index is 11.6. The van der Waals surface area contributed by atoms with Gasteiger partial charge < -0.3 is 4.74 Å². The number of hydrogen-bond donors (Lipinski definition) is 0. The summed E-state index contributed by atoms with van der Waals surface area (Å²) in [6.07, 6.45) is 2.38. The lowest BCUT2D eigenvalue weighted by Gasteiger charge is -2.12. The molecule has 18 heavy (non-hydrogen) atoms. The lowest BCUT2D eigenvalue weighted by Crippen LogP contribution is -2.19. The largest absolute Gasteiger partial charge is 0.376 e. The van der Waals surface area contributed by atoms with Gasteiger partial charge in [0.2, 0.25) is 0 Å². The van der Waals surface area contributed by atoms with Gasteiger partial charge in [0.1, 0.15) is 11.0 Å². The molecular formula is C14H21NO2S. The van der Waals surface area contributed by atoms with Crippen LogP contribution in [0.25, 0.3) is 0 Å². The van der Waals surface area contributed by atoms with Gasteiger partial charge in [-0.05, 0) is 26.3 Å². The second-order valence-electron chi connectivity index (χ2n) is 4.98. The molecule has 100 valence electrons. The maximum absolute atomic E-state index is 11.6. The molecule has 1 aromatic rings. The van der Waals surface area contributed by atoms with E-state index in [0.29, 0.717) is 19.6 Å². The first-order valence-corrected chi connectivity index (χ1v) is 7.17. The summed E-state index contributed by atoms with van der Waals surface area (Å²) in [4.78, 5) is 0. The van der Waals surface area contributed by atoms with Crippen molar-refractivity contribution < 1.29 is 8.95 Å². The topological polar surface area (TPSA) is 38.7 Å². The monoisotopic (exact) mass is 267 g/mol. The molecule has 0 radical (unpaired) electrons. The Hall–Kier alpha value is -1.00. The molecule has 1 rings (SSSR count). The van der Waals surface area contributed by atoms with Crippen LogP contribution in [-0.2, 0) is 22.3 Å². The summed E-state index contributed by atoms with van der Waals surface area (Å²) >= 11 is 0. The van der Waals surface area contributed by atoms with Crippen molar-refractivity contribution in [3.05, 3.63) is 35.9 Å². The van der Waals surface area contributed by atoms with Crippen LogP contribution in [-0.4, -0.2) is 21.8 Å². The fourth-order valence-electron chi connectivity index (χ4n) is 1.18. The third kappa shape index (κ3) is 6.07. The second kappa shape index (κ2) is 7.44. The summed E-state index contributed by atoms with van der Waals surface area (Å²) in [5.74, 6) is 0. The van der Waals surface area contributed by atoms with Crippen molar-refractivity contribution in [1.82, 2.24) is 0 Å². The minimum absolute atomic E-state index is 0.290. The van der Waals surface area contributed by atoms with E-state index in [2.05, 4.69) is 4.40 Å². The summed E-state index contributed by atoms with van der Waals surface area (Å²) in [7, 11) is -1.16. The van der Waals surface area contributed by atoms with Crippen LogP contribution in [0.15, 0.2) is 34.7 Å². The van der Waals surface area contributed by atoms with Gasteiger partial charge in [-0.1, -0.05) is 30.3 Å². The first-order chi connectivity index (χ1) is 8.50. The summed E-state index contributed by atoms with van der Waals surface area (Å²) in [5.41, 5.74) is 1.16. The zero-order valence-electron chi connectivity index (χ0n) is 11.3. The van der Waals surface area contributed by atoms with Crippen LogP contribution in [0, 0.1) is 0 Å². The summed E-state index contributed by atoms with van der Waals surface area (Å²) in [6, 6.07) is 10.0. The third-order valence-corrected chi connectivity index (χ3v) is 3.59. The van der Waals surface area contributed by atoms with Gasteiger partial charge in [-0.2, -0.15) is 4.40 Å². The van der Waals surface area contributed by atoms with Gasteiger partial charge in [0.25, 0.3) is 0 Å². The van der Waals surface area contributed by atoms with Crippen molar-refractivity contribution in [3.8, 4) is 0 Å². The Kier molecular flexibility index (Phi) is 6.22. The number of ether oxygens (including phenoxy) is 1. The van der Waals surface area contributed by atoms with E-state index in [-0.39, 0.29) is 4.75 Å². The molecule has 0 aromatic heterocycles. The zero-order valence-corrected chi connectivity index (χ0v) is 12.1. The minimum atomic E-state index is -1.16. The number of benzene rings is 1. The molecule has 0 N–H and O–H groups in total. The van der Waals surface area contributed by atoms with Crippen molar-refractivity contribution in [2.45, 2.75) is 38.5 Å². The smallest absolute Gasteiger partial charge is 0.144 e. The molecule has 0 aliphatic heterocycles. The number of hydrogen-bond acceptors (Lipinski definition) is 2. The number of nitrogens with zero attached hydrogens (tertiary/aromatic N) is 1. The Labute approximate surface area is 112 Å². The molecule has 1 aromatic carbocycles. The van der Waals surface area contributed by atoms with Gasteiger partial charge in [-0.3, -0.25) is 0 Å². The summed E-state index contributed by atoms with van der Waals surface area (Å²) in [6.45, 7) is 6.93. The normalized spacial score (nSPS) is 13.9. The molecule has 0 fully saturated rings. The Bertz CT molecular complexity index is 396. The van der Waals surface area contributed by atoms with Crippen molar-refractivity contribution in [3.63, 3.8) is 0 Å². The highest BCUT2D eigenvalue weighted by Crippen LogP contribution is 2.11. The van der Waals surface area contributed by atoms with Crippen molar-refractivity contribution in [2.24, 2.45) is 4.40 Å². The molecule has 0 unspecified atom stereocenters. The molecule has 0 aliphatic carbocycles. The Morgan fingerprint density at radius 3 is 2.56 bits per heavy atom. The third-order valence-electron chi connectivity index (χ3n) is 2.20. The lowest BCUT2D eigenvalue weighted by atomic mass is 10.2. The first kappa shape index (κ1) is 15.1. The van der Waals surface area contributed by atoms with Crippen LogP contribution in [0.2, 0.25) is 0 Å². The molecule has 0 spiro atoms. The molecule has 0 amide bonds. The average Bonchev–Trinajstić information content (AvgIpc) is 2.33. The molecule has 0 aliphatic rings. The van der Waals surface area contributed by atoms with Gasteiger partial charge in [0.15, 0.2) is 0 Å². The highest BCUT2D eigenvalue weighted by Gasteiger charge is 2.17. The highest BCUT2D eigenvalue weighted by molar-refractivity contribution is 7.85. The van der Waals surface area contributed by atoms with Crippen molar-refractivity contribution in [1.29, 1.82) is 0 Å². The Morgan fingerprint density at radius 2 is 1.94 bits per heavy atom. The minimum Gasteiger partial charge on any atom is -0.376 e. The van der Waals surface area contributed by atoms with E-state index in [4.69, 9.17) is 4.74 Å². The predicted molar refractivity (Wildman–Crippen MR) is 77.1 cm³/mol. The van der Waals surface area contributed by atoms with E-state index < -0.39 is 11.0 Å². The summed E-state index contributed by atoms with van der Waals surface area (Å²) < 4.78 is 20.8. The van der Waals surface area contributed by atoms with E-state index in [1.807, 2.05) is 51.1 Å². The molecule has 0 saturated heterocycles. The molecule has 0 saturated carbocycles. The van der Waals surface area contributed by atoms with Crippen LogP contribution in [0.1, 0.15) is 32.8 Å². The SMILES string of the molecule is CC(C)(C)[S@@](=O)/N=C/CCOCc1ccccc1. The standard InChI is InChI=1S/C14H21NO2S/c1-14(2,3)18(16)15-10-7-11-17-12-13-8-5-4-6-9-13/h4-6,8-10H,7,11-12H2,1-3H3/b15-10+/t18-/m1/s1. The van der Waals surface area contributed by atoms with Gasteiger partial charge in [-0.25, -0.2) is 4.21 Å². The molecular weight excluding hydrogens is 246 g/mol. The Morgan fingerprint density at radius 1 is 1.28 bits per heavy atom. The fraction of sp³-hybridized carbons (Fsp3) is 0.500. The lowest BCUT2D eigenvalue weighted by molar-refractivity contribution is 0.128. The van der Waals surface area contributed by atoms with E-state index in [9.17, 15) is 4.21 Å². The molecule has 4 heteroatoms. The van der Waals surface area contributed by atoms with Crippen molar-refractivity contribution in [2.75, 3.05) is 6.61 Å². The number of rotatable bonds is 6. The quantitative estimate of drug-likeness (QED) is 0.586. The second-order valence-corrected chi connectivity index (χ2v) is 6.91. The Balaban J connectivity index is 2.16. The molecule has 0 heterocycles. The van der Waals surface area contributed by atoms with Crippen LogP contribution in [0.3, 0.4) is 0 Å². The van der Waals surface area contributed by atoms with E-state index >= 15 is 0 Å². The van der Waals surface area contributed by atoms with Crippen LogP contribution in [0.5, 0.6) is 0 Å². The van der Waals surface area contributed by atoms with Gasteiger partial charge in [0.05, 0.1) is 18.0 Å². The van der Waals surface area contributed by atoms with Gasteiger partial charge in [0, 0.05) is 12.6 Å². The van der Waals surface area contributed by atoms with Gasteiger partial charge in [-0.15, -0.1) is 0 Å². The zero-order chi connectivity index (χ0) is 13.4. The molecule has 0 bridgehead atoms. The van der Waals surface area contributed by atoms with E-state index in [1.54, 1.807) is 6.21 Å². The van der Waals surface area contributed by atoms with E-state index in [0.717, 1.165) is 5.56 Å². The molecule has 3 nitrogen and oxygen atoms in total. The van der Waals surface area contributed by atoms with Crippen LogP contribution < -0.4 is 0 Å². The highest BCUT2D eigenvalue weighted by atomic mass is 32.2. The summed E-state index contributed by atoms with van der Waals surface area (Å²) in [5, 5.41) is 0. The van der Waals surface area contributed by atoms with Crippen LogP contribution >= 0.6 is 0 Å². The predicted octanol–water partition coefficient (Wildman–Crippen LogP) is 3.13. The van der Waals surface area contributed by atoms with Crippen molar-refractivity contribution >= 4 is 17.2 Å². The van der Waals surface area contributed by atoms with Crippen LogP contribution in [0.4, 0.5) is 0 Å². The first-order valence-electron chi connectivity index (χ1n) is 6.06. The average molecular weight is 267 g/mol.